The highest BCUT2D eigenvalue weighted by molar-refractivity contribution is 5.79. The van der Waals surface area contributed by atoms with Crippen molar-refractivity contribution in [3.05, 3.63) is 48.0 Å². The Morgan fingerprint density at radius 3 is 2.90 bits per heavy atom. The van der Waals surface area contributed by atoms with Crippen LogP contribution in [0.2, 0.25) is 0 Å². The molecule has 20 heavy (non-hydrogen) atoms. The van der Waals surface area contributed by atoms with Crippen LogP contribution in [-0.4, -0.2) is 20.9 Å². The lowest BCUT2D eigenvalue weighted by atomic mass is 10.1. The van der Waals surface area contributed by atoms with Crippen LogP contribution in [0, 0.1) is 5.82 Å². The Hall–Kier alpha value is -2.37. The highest BCUT2D eigenvalue weighted by Gasteiger charge is 2.22. The molecular formula is C14H16FN3O2. The quantitative estimate of drug-likeness (QED) is 0.852. The lowest BCUT2D eigenvalue weighted by Gasteiger charge is -2.14. The first-order chi connectivity index (χ1) is 9.61. The van der Waals surface area contributed by atoms with E-state index < -0.39 is 17.8 Å². The number of aromatic nitrogens is 2. The van der Waals surface area contributed by atoms with E-state index in [0.29, 0.717) is 12.1 Å². The van der Waals surface area contributed by atoms with Crippen LogP contribution in [0.15, 0.2) is 36.7 Å². The largest absolute Gasteiger partial charge is 0.479 e. The van der Waals surface area contributed by atoms with Crippen molar-refractivity contribution in [2.75, 3.05) is 5.32 Å². The van der Waals surface area contributed by atoms with Gasteiger partial charge in [-0.15, -0.1) is 0 Å². The number of aliphatic carboxylic acids is 1. The molecule has 1 aromatic carbocycles. The summed E-state index contributed by atoms with van der Waals surface area (Å²) in [4.78, 5) is 11.4. The molecule has 1 unspecified atom stereocenters. The van der Waals surface area contributed by atoms with Gasteiger partial charge in [0.2, 0.25) is 0 Å². The number of nitrogens with zero attached hydrogens (tertiary/aromatic N) is 2. The first kappa shape index (κ1) is 14.0. The average Bonchev–Trinajstić information content (AvgIpc) is 2.86. The minimum absolute atomic E-state index is 0.156. The minimum atomic E-state index is -1.08. The predicted molar refractivity (Wildman–Crippen MR) is 72.9 cm³/mol. The van der Waals surface area contributed by atoms with E-state index in [9.17, 15) is 14.3 Å². The Morgan fingerprint density at radius 2 is 2.25 bits per heavy atom. The molecule has 0 saturated carbocycles. The molecule has 1 aromatic heterocycles. The van der Waals surface area contributed by atoms with Gasteiger partial charge in [-0.1, -0.05) is 19.1 Å². The smallest absolute Gasteiger partial charge is 0.330 e. The number of para-hydroxylation sites is 1. The lowest BCUT2D eigenvalue weighted by Crippen LogP contribution is -2.20. The molecule has 6 heteroatoms. The summed E-state index contributed by atoms with van der Waals surface area (Å²) in [5, 5.41) is 16.1. The Kier molecular flexibility index (Phi) is 4.34. The molecule has 0 aliphatic rings. The number of carboxylic acid groups (broad SMARTS) is 1. The maximum Gasteiger partial charge on any atom is 0.330 e. The number of anilines is 1. The summed E-state index contributed by atoms with van der Waals surface area (Å²) in [7, 11) is 0. The molecule has 0 aliphatic carbocycles. The fourth-order valence-electron chi connectivity index (χ4n) is 1.90. The molecule has 1 atom stereocenters. The molecule has 0 bridgehead atoms. The molecule has 106 valence electrons. The fraction of sp³-hybridized carbons (Fsp3) is 0.286. The number of rotatable bonds is 6. The van der Waals surface area contributed by atoms with Crippen molar-refractivity contribution in [3.63, 3.8) is 0 Å². The molecule has 2 N–H and O–H groups in total. The van der Waals surface area contributed by atoms with Crippen molar-refractivity contribution in [2.45, 2.75) is 25.9 Å². The number of benzene rings is 1. The number of carbonyl (C=O) groups is 1. The van der Waals surface area contributed by atoms with Gasteiger partial charge >= 0.3 is 5.97 Å². The lowest BCUT2D eigenvalue weighted by molar-refractivity contribution is -0.138. The Morgan fingerprint density at radius 1 is 1.50 bits per heavy atom. The van der Waals surface area contributed by atoms with Crippen LogP contribution in [0.25, 0.3) is 0 Å². The van der Waals surface area contributed by atoms with Crippen molar-refractivity contribution in [2.24, 2.45) is 0 Å². The fourth-order valence-corrected chi connectivity index (χ4v) is 1.90. The molecule has 5 nitrogen and oxygen atoms in total. The average molecular weight is 277 g/mol. The van der Waals surface area contributed by atoms with Gasteiger partial charge in [0.25, 0.3) is 0 Å². The van der Waals surface area contributed by atoms with Gasteiger partial charge in [-0.3, -0.25) is 4.68 Å². The molecule has 0 fully saturated rings. The van der Waals surface area contributed by atoms with Crippen molar-refractivity contribution < 1.29 is 14.3 Å². The summed E-state index contributed by atoms with van der Waals surface area (Å²) in [6.45, 7) is 2.72. The highest BCUT2D eigenvalue weighted by atomic mass is 19.1. The maximum atomic E-state index is 13.6. The summed E-state index contributed by atoms with van der Waals surface area (Å²) < 4.78 is 15.3. The van der Waals surface area contributed by atoms with E-state index in [1.54, 1.807) is 23.0 Å². The van der Waals surface area contributed by atoms with Crippen LogP contribution in [0.3, 0.4) is 0 Å². The normalized spacial score (nSPS) is 12.1. The minimum Gasteiger partial charge on any atom is -0.479 e. The number of nitrogens with one attached hydrogen (secondary N) is 1. The second kappa shape index (κ2) is 6.18. The summed E-state index contributed by atoms with van der Waals surface area (Å²) >= 11 is 0. The molecule has 1 heterocycles. The molecule has 0 amide bonds. The molecule has 0 radical (unpaired) electrons. The van der Waals surface area contributed by atoms with E-state index in [2.05, 4.69) is 10.4 Å². The van der Waals surface area contributed by atoms with E-state index in [1.807, 2.05) is 6.92 Å². The number of carboxylic acids is 1. The SMILES string of the molecule is CCCn1cc(C(Nc2ccccc2F)C(=O)O)cn1. The zero-order chi connectivity index (χ0) is 14.5. The van der Waals surface area contributed by atoms with E-state index >= 15 is 0 Å². The third-order valence-corrected chi connectivity index (χ3v) is 2.86. The van der Waals surface area contributed by atoms with Crippen LogP contribution < -0.4 is 5.32 Å². The topological polar surface area (TPSA) is 67.2 Å². The van der Waals surface area contributed by atoms with Gasteiger partial charge in [-0.25, -0.2) is 9.18 Å². The first-order valence-electron chi connectivity index (χ1n) is 6.38. The Labute approximate surface area is 116 Å². The zero-order valence-electron chi connectivity index (χ0n) is 11.1. The van der Waals surface area contributed by atoms with Crippen LogP contribution in [0.4, 0.5) is 10.1 Å². The van der Waals surface area contributed by atoms with Crippen molar-refractivity contribution in [3.8, 4) is 0 Å². The van der Waals surface area contributed by atoms with E-state index in [1.165, 1.54) is 18.3 Å². The summed E-state index contributed by atoms with van der Waals surface area (Å²) in [5.74, 6) is -1.57. The van der Waals surface area contributed by atoms with Crippen LogP contribution in [0.5, 0.6) is 0 Å². The van der Waals surface area contributed by atoms with Gasteiger partial charge < -0.3 is 10.4 Å². The van der Waals surface area contributed by atoms with E-state index in [0.717, 1.165) is 6.42 Å². The van der Waals surface area contributed by atoms with Crippen molar-refractivity contribution >= 4 is 11.7 Å². The molecule has 0 saturated heterocycles. The molecule has 2 aromatic rings. The summed E-state index contributed by atoms with van der Waals surface area (Å²) in [6.07, 6.45) is 4.05. The third kappa shape index (κ3) is 3.14. The number of hydrogen-bond donors (Lipinski definition) is 2. The zero-order valence-corrected chi connectivity index (χ0v) is 11.1. The summed E-state index contributed by atoms with van der Waals surface area (Å²) in [5.41, 5.74) is 0.650. The van der Waals surface area contributed by atoms with Gasteiger partial charge in [0.05, 0.1) is 11.9 Å². The first-order valence-corrected chi connectivity index (χ1v) is 6.38. The monoisotopic (exact) mass is 277 g/mol. The standard InChI is InChI=1S/C14H16FN3O2/c1-2-7-18-9-10(8-16-18)13(14(19)20)17-12-6-4-3-5-11(12)15/h3-6,8-9,13,17H,2,7H2,1H3,(H,19,20). The van der Waals surface area contributed by atoms with Crippen molar-refractivity contribution in [1.82, 2.24) is 9.78 Å². The van der Waals surface area contributed by atoms with Gasteiger partial charge in [0, 0.05) is 18.3 Å². The van der Waals surface area contributed by atoms with Gasteiger partial charge in [0.1, 0.15) is 5.82 Å². The second-order valence-electron chi connectivity index (χ2n) is 4.43. The molecule has 0 spiro atoms. The number of aryl methyl sites for hydroxylation is 1. The Bertz CT molecular complexity index is 598. The van der Waals surface area contributed by atoms with Crippen LogP contribution in [-0.2, 0) is 11.3 Å². The van der Waals surface area contributed by atoms with Gasteiger partial charge in [-0.2, -0.15) is 5.10 Å². The molecule has 0 aliphatic heterocycles. The molecule has 2 rings (SSSR count). The van der Waals surface area contributed by atoms with E-state index in [-0.39, 0.29) is 5.69 Å². The third-order valence-electron chi connectivity index (χ3n) is 2.86. The van der Waals surface area contributed by atoms with Gasteiger partial charge in [-0.05, 0) is 18.6 Å². The Balaban J connectivity index is 2.23. The number of hydrogen-bond acceptors (Lipinski definition) is 3. The molecular weight excluding hydrogens is 261 g/mol. The van der Waals surface area contributed by atoms with E-state index in [4.69, 9.17) is 0 Å². The summed E-state index contributed by atoms with van der Waals surface area (Å²) in [6, 6.07) is 4.95. The predicted octanol–water partition coefficient (Wildman–Crippen LogP) is 2.67. The van der Waals surface area contributed by atoms with Crippen LogP contribution in [0.1, 0.15) is 24.9 Å². The highest BCUT2D eigenvalue weighted by Crippen LogP contribution is 2.21. The maximum absolute atomic E-state index is 13.6. The van der Waals surface area contributed by atoms with Gasteiger partial charge in [0.15, 0.2) is 6.04 Å². The van der Waals surface area contributed by atoms with Crippen molar-refractivity contribution in [1.29, 1.82) is 0 Å². The van der Waals surface area contributed by atoms with Crippen LogP contribution >= 0.6 is 0 Å². The second-order valence-corrected chi connectivity index (χ2v) is 4.43. The number of halogens is 1.